The molecule has 111 heavy (non-hydrogen) atoms. The first-order valence-corrected chi connectivity index (χ1v) is 37.8. The van der Waals surface area contributed by atoms with Crippen molar-refractivity contribution >= 4 is 131 Å². The van der Waals surface area contributed by atoms with Crippen molar-refractivity contribution in [3.63, 3.8) is 0 Å². The van der Waals surface area contributed by atoms with Gasteiger partial charge in [-0.2, -0.15) is 0 Å². The molecule has 0 bridgehead atoms. The Morgan fingerprint density at radius 3 is 0.892 bits per heavy atom. The molecule has 24 rings (SSSR count). The average Bonchev–Trinajstić information content (AvgIpc) is 1.55. The van der Waals surface area contributed by atoms with Gasteiger partial charge in [0.2, 0.25) is 0 Å². The quantitative estimate of drug-likeness (QED) is 0.143. The van der Waals surface area contributed by atoms with E-state index >= 15 is 0 Å². The topological polar surface area (TPSA) is 92.9 Å². The number of rotatable bonds is 9. The molecule has 0 saturated heterocycles. The van der Waals surface area contributed by atoms with E-state index in [1.165, 1.54) is 33.0 Å². The minimum atomic E-state index is -0.406. The summed E-state index contributed by atoms with van der Waals surface area (Å²) >= 11 is 0. The fourth-order valence-electron chi connectivity index (χ4n) is 18.3. The summed E-state index contributed by atoms with van der Waals surface area (Å²) in [5.74, 6) is 1.72. The lowest BCUT2D eigenvalue weighted by Crippen LogP contribution is -2.15. The zero-order valence-corrected chi connectivity index (χ0v) is 60.2. The number of fused-ring (bicyclic) bond motifs is 21. The first-order valence-electron chi connectivity index (χ1n) is 37.8. The van der Waals surface area contributed by atoms with E-state index in [0.29, 0.717) is 17.5 Å². The standard InChI is InChI=1S/C102H62N6O3/c1-102(2)85-57-67(33-41-71(85)72-42-40-70(58-86(72)102)108-89-29-11-5-23-75(89)81-53-61(36-45-92(81)108)64-39-48-98-84(56-64)78-26-8-14-32-95(78)111-98)101-104-99(65-17-15-19-68(49-65)106-87-27-9-3-21-73(87)79-51-59(34-43-90(79)106)62-37-46-96-82(54-62)76-24-6-12-30-93(76)109-96)103-100(105-101)66-18-16-20-69(50-66)107-88-28-10-4-22-74(88)80-52-60(35-44-91(80)107)63-38-47-97-83(55-63)77-25-7-13-31-94(77)110-97/h3-58H,1-2H3. The highest BCUT2D eigenvalue weighted by Crippen LogP contribution is 2.52. The zero-order valence-electron chi connectivity index (χ0n) is 60.2. The number of furan rings is 3. The Kier molecular flexibility index (Phi) is 12.8. The molecule has 16 aromatic carbocycles. The maximum Gasteiger partial charge on any atom is 0.164 e. The Morgan fingerprint density at radius 2 is 0.495 bits per heavy atom. The number of aromatic nitrogens is 6. The van der Waals surface area contributed by atoms with Crippen LogP contribution in [0.25, 0.3) is 227 Å². The van der Waals surface area contributed by atoms with Crippen LogP contribution in [0.1, 0.15) is 25.0 Å². The third-order valence-corrected chi connectivity index (χ3v) is 23.7. The summed E-state index contributed by atoms with van der Waals surface area (Å²) in [6.07, 6.45) is 0. The molecule has 0 radical (unpaired) electrons. The number of hydrogen-bond acceptors (Lipinski definition) is 6. The van der Waals surface area contributed by atoms with Gasteiger partial charge < -0.3 is 27.0 Å². The molecular weight excluding hydrogens is 1360 g/mol. The van der Waals surface area contributed by atoms with Gasteiger partial charge in [0.25, 0.3) is 0 Å². The van der Waals surface area contributed by atoms with Crippen LogP contribution in [-0.4, -0.2) is 28.7 Å². The normalized spacial score (nSPS) is 12.8. The van der Waals surface area contributed by atoms with Crippen molar-refractivity contribution in [2.75, 3.05) is 0 Å². The Hall–Kier alpha value is -14.7. The van der Waals surface area contributed by atoms with Crippen LogP contribution in [0, 0.1) is 0 Å². The van der Waals surface area contributed by atoms with Gasteiger partial charge in [0.05, 0.1) is 33.1 Å². The van der Waals surface area contributed by atoms with E-state index in [1.54, 1.807) is 0 Å². The van der Waals surface area contributed by atoms with Crippen molar-refractivity contribution in [1.29, 1.82) is 0 Å². The zero-order chi connectivity index (χ0) is 72.9. The second kappa shape index (κ2) is 23.2. The molecule has 0 N–H and O–H groups in total. The highest BCUT2D eigenvalue weighted by molar-refractivity contribution is 6.15. The van der Waals surface area contributed by atoms with Crippen LogP contribution >= 0.6 is 0 Å². The molecule has 9 heteroatoms. The van der Waals surface area contributed by atoms with Gasteiger partial charge in [0, 0.05) is 104 Å². The Morgan fingerprint density at radius 1 is 0.207 bits per heavy atom. The van der Waals surface area contributed by atoms with Crippen LogP contribution in [0.3, 0.4) is 0 Å². The second-order valence-electron chi connectivity index (χ2n) is 30.2. The molecule has 0 amide bonds. The average molecular weight is 1420 g/mol. The Labute approximate surface area is 635 Å². The smallest absolute Gasteiger partial charge is 0.164 e. The van der Waals surface area contributed by atoms with Crippen molar-refractivity contribution in [2.24, 2.45) is 0 Å². The molecule has 9 nitrogen and oxygen atoms in total. The Balaban J connectivity index is 0.630. The van der Waals surface area contributed by atoms with Crippen LogP contribution in [0.5, 0.6) is 0 Å². The van der Waals surface area contributed by atoms with Gasteiger partial charge in [-0.1, -0.05) is 202 Å². The van der Waals surface area contributed by atoms with Gasteiger partial charge >= 0.3 is 0 Å². The van der Waals surface area contributed by atoms with Gasteiger partial charge in [-0.15, -0.1) is 0 Å². The van der Waals surface area contributed by atoms with Gasteiger partial charge in [-0.3, -0.25) is 0 Å². The number of hydrogen-bond donors (Lipinski definition) is 0. The third-order valence-electron chi connectivity index (χ3n) is 23.7. The monoisotopic (exact) mass is 1420 g/mol. The van der Waals surface area contributed by atoms with Crippen LogP contribution in [0.4, 0.5) is 0 Å². The van der Waals surface area contributed by atoms with Crippen LogP contribution in [0.2, 0.25) is 0 Å². The molecule has 0 aliphatic heterocycles. The lowest BCUT2D eigenvalue weighted by atomic mass is 9.82. The van der Waals surface area contributed by atoms with Gasteiger partial charge in [-0.05, 0) is 207 Å². The van der Waals surface area contributed by atoms with E-state index in [-0.39, 0.29) is 0 Å². The summed E-state index contributed by atoms with van der Waals surface area (Å²) in [5.41, 5.74) is 29.1. The van der Waals surface area contributed by atoms with Gasteiger partial charge in [-0.25, -0.2) is 15.0 Å². The van der Waals surface area contributed by atoms with Crippen molar-refractivity contribution < 1.29 is 13.3 Å². The van der Waals surface area contributed by atoms with Crippen molar-refractivity contribution in [1.82, 2.24) is 28.7 Å². The maximum absolute atomic E-state index is 6.26. The third kappa shape index (κ3) is 9.27. The summed E-state index contributed by atoms with van der Waals surface area (Å²) in [5, 5.41) is 13.7. The van der Waals surface area contributed by atoms with Crippen molar-refractivity contribution in [3.05, 3.63) is 351 Å². The van der Waals surface area contributed by atoms with Crippen LogP contribution in [0.15, 0.2) is 353 Å². The first kappa shape index (κ1) is 61.5. The van der Waals surface area contributed by atoms with E-state index in [9.17, 15) is 0 Å². The highest BCUT2D eigenvalue weighted by Gasteiger charge is 2.37. The Bertz CT molecular complexity index is 7670. The molecule has 0 spiro atoms. The number of benzene rings is 16. The summed E-state index contributed by atoms with van der Waals surface area (Å²) in [4.78, 5) is 16.7. The molecule has 0 saturated carbocycles. The largest absolute Gasteiger partial charge is 0.456 e. The van der Waals surface area contributed by atoms with Gasteiger partial charge in [0.1, 0.15) is 33.5 Å². The number of nitrogens with zero attached hydrogens (tertiary/aromatic N) is 6. The molecule has 0 unspecified atom stereocenters. The fraction of sp³-hybridized carbons (Fsp3) is 0.0294. The van der Waals surface area contributed by atoms with E-state index in [4.69, 9.17) is 28.2 Å². The van der Waals surface area contributed by atoms with E-state index in [1.807, 2.05) is 36.4 Å². The summed E-state index contributed by atoms with van der Waals surface area (Å²) in [7, 11) is 0. The molecular formula is C102H62N6O3. The molecule has 7 heterocycles. The molecule has 1 aliphatic carbocycles. The second-order valence-corrected chi connectivity index (χ2v) is 30.2. The molecule has 7 aromatic heterocycles. The minimum Gasteiger partial charge on any atom is -0.456 e. The number of para-hydroxylation sites is 6. The minimum absolute atomic E-state index is 0.406. The highest BCUT2D eigenvalue weighted by atomic mass is 16.3. The molecule has 23 aromatic rings. The fourth-order valence-corrected chi connectivity index (χ4v) is 18.3. The molecule has 1 aliphatic rings. The maximum atomic E-state index is 6.26. The van der Waals surface area contributed by atoms with E-state index in [0.717, 1.165) is 188 Å². The molecule has 0 fully saturated rings. The SMILES string of the molecule is CC1(C)c2cc(-c3nc(-c4cccc(-n5c6ccccc6c6cc(-c7ccc8oc9ccccc9c8c7)ccc65)c4)nc(-c4cccc(-n5c6ccccc6c6cc(-c7ccc8oc9ccccc9c8c7)ccc65)c4)n3)ccc2-c2ccc(-n3c4ccccc4c4cc(-c5ccc6oc7ccccc7c6c5)ccc43)cc21. The predicted molar refractivity (Wildman–Crippen MR) is 455 cm³/mol. The van der Waals surface area contributed by atoms with Crippen LogP contribution < -0.4 is 0 Å². The van der Waals surface area contributed by atoms with Crippen molar-refractivity contribution in [2.45, 2.75) is 19.3 Å². The summed E-state index contributed by atoms with van der Waals surface area (Å²) < 4.78 is 26.0. The predicted octanol–water partition coefficient (Wildman–Crippen LogP) is 27.2. The lowest BCUT2D eigenvalue weighted by Gasteiger charge is -2.23. The lowest BCUT2D eigenvalue weighted by molar-refractivity contribution is 0.660. The van der Waals surface area contributed by atoms with Crippen LogP contribution in [-0.2, 0) is 5.41 Å². The van der Waals surface area contributed by atoms with Gasteiger partial charge in [0.15, 0.2) is 17.5 Å². The molecule has 518 valence electrons. The van der Waals surface area contributed by atoms with Crippen molar-refractivity contribution in [3.8, 4) is 95.7 Å². The first-order chi connectivity index (χ1) is 54.7. The van der Waals surface area contributed by atoms with E-state index in [2.05, 4.69) is 331 Å². The summed E-state index contributed by atoms with van der Waals surface area (Å²) in [6.45, 7) is 4.72. The molecule has 0 atom stereocenters. The summed E-state index contributed by atoms with van der Waals surface area (Å²) in [6, 6.07) is 123. The van der Waals surface area contributed by atoms with E-state index < -0.39 is 5.41 Å².